The largest absolute Gasteiger partial charge is 0.493 e. The maximum absolute atomic E-state index is 13.2. The molecule has 0 radical (unpaired) electrons. The maximum atomic E-state index is 13.2. The molecule has 2 N–H and O–H groups in total. The Bertz CT molecular complexity index is 1340. The molecule has 0 saturated carbocycles. The number of hydrogen-bond acceptors (Lipinski definition) is 5. The van der Waals surface area contributed by atoms with Gasteiger partial charge >= 0.3 is 0 Å². The molecule has 1 amide bonds. The van der Waals surface area contributed by atoms with Crippen molar-refractivity contribution in [1.82, 2.24) is 5.43 Å². The molecule has 188 valence electrons. The van der Waals surface area contributed by atoms with Crippen molar-refractivity contribution >= 4 is 39.7 Å². The number of methoxy groups -OCH3 is 1. The summed E-state index contributed by atoms with van der Waals surface area (Å²) in [6.07, 6.45) is 1.46. The lowest BCUT2D eigenvalue weighted by atomic mass is 9.85. The normalized spacial score (nSPS) is 11.4. The van der Waals surface area contributed by atoms with Crippen LogP contribution in [0.15, 0.2) is 107 Å². The van der Waals surface area contributed by atoms with E-state index in [0.29, 0.717) is 44.3 Å². The highest BCUT2D eigenvalue weighted by atomic mass is 79.9. The van der Waals surface area contributed by atoms with Crippen LogP contribution in [-0.4, -0.2) is 24.3 Å². The molecule has 0 spiro atoms. The molecule has 0 saturated heterocycles. The highest BCUT2D eigenvalue weighted by Crippen LogP contribution is 2.34. The molecule has 4 aromatic rings. The molecule has 4 rings (SSSR count). The minimum Gasteiger partial charge on any atom is -0.493 e. The van der Waals surface area contributed by atoms with Crippen LogP contribution in [0.2, 0.25) is 5.02 Å². The van der Waals surface area contributed by atoms with Gasteiger partial charge in [0.05, 0.1) is 13.3 Å². The van der Waals surface area contributed by atoms with Gasteiger partial charge in [0.15, 0.2) is 17.1 Å². The summed E-state index contributed by atoms with van der Waals surface area (Å²) in [5.74, 6) is 0.343. The molecule has 0 aliphatic carbocycles. The van der Waals surface area contributed by atoms with Crippen LogP contribution in [0.5, 0.6) is 11.5 Å². The minimum absolute atomic E-state index is 0.334. The van der Waals surface area contributed by atoms with Gasteiger partial charge in [0.1, 0.15) is 6.61 Å². The van der Waals surface area contributed by atoms with E-state index in [-0.39, 0.29) is 0 Å². The molecular formula is C29H24BrClN2O4. The predicted molar refractivity (Wildman–Crippen MR) is 148 cm³/mol. The van der Waals surface area contributed by atoms with Gasteiger partial charge in [0.25, 0.3) is 5.91 Å². The Morgan fingerprint density at radius 3 is 2.14 bits per heavy atom. The van der Waals surface area contributed by atoms with Gasteiger partial charge < -0.3 is 14.6 Å². The second-order valence-electron chi connectivity index (χ2n) is 8.08. The van der Waals surface area contributed by atoms with Crippen molar-refractivity contribution < 1.29 is 19.4 Å². The lowest BCUT2D eigenvalue weighted by molar-refractivity contribution is -0.136. The van der Waals surface area contributed by atoms with Gasteiger partial charge in [-0.25, -0.2) is 5.43 Å². The third kappa shape index (κ3) is 6.20. The van der Waals surface area contributed by atoms with E-state index in [1.54, 1.807) is 79.9 Å². The number of halogens is 2. The zero-order valence-electron chi connectivity index (χ0n) is 19.9. The smallest absolute Gasteiger partial charge is 0.281 e. The van der Waals surface area contributed by atoms with Crippen molar-refractivity contribution in [2.24, 2.45) is 5.10 Å². The van der Waals surface area contributed by atoms with E-state index in [4.69, 9.17) is 21.1 Å². The van der Waals surface area contributed by atoms with Crippen LogP contribution in [0.4, 0.5) is 0 Å². The number of carbonyl (C=O) groups excluding carboxylic acids is 1. The predicted octanol–water partition coefficient (Wildman–Crippen LogP) is 6.08. The Morgan fingerprint density at radius 2 is 1.57 bits per heavy atom. The molecule has 0 heterocycles. The van der Waals surface area contributed by atoms with Crippen molar-refractivity contribution in [2.45, 2.75) is 12.2 Å². The highest BCUT2D eigenvalue weighted by molar-refractivity contribution is 9.10. The number of carbonyl (C=O) groups is 1. The average Bonchev–Trinajstić information content (AvgIpc) is 2.94. The van der Waals surface area contributed by atoms with Crippen LogP contribution in [0.3, 0.4) is 0 Å². The number of ether oxygens (including phenoxy) is 2. The van der Waals surface area contributed by atoms with E-state index >= 15 is 0 Å². The molecule has 6 nitrogen and oxygen atoms in total. The molecule has 8 heteroatoms. The molecule has 0 fully saturated rings. The Labute approximate surface area is 228 Å². The van der Waals surface area contributed by atoms with Gasteiger partial charge in [0, 0.05) is 15.1 Å². The molecule has 0 atom stereocenters. The Morgan fingerprint density at radius 1 is 0.973 bits per heavy atom. The van der Waals surface area contributed by atoms with E-state index in [9.17, 15) is 9.90 Å². The minimum atomic E-state index is -1.92. The summed E-state index contributed by atoms with van der Waals surface area (Å²) >= 11 is 9.46. The van der Waals surface area contributed by atoms with Gasteiger partial charge in [-0.3, -0.25) is 4.79 Å². The number of rotatable bonds is 9. The van der Waals surface area contributed by atoms with E-state index in [0.717, 1.165) is 5.56 Å². The summed E-state index contributed by atoms with van der Waals surface area (Å²) in [4.78, 5) is 13.2. The quantitative estimate of drug-likeness (QED) is 0.186. The van der Waals surface area contributed by atoms with Gasteiger partial charge in [-0.05, 0) is 56.9 Å². The van der Waals surface area contributed by atoms with Crippen LogP contribution < -0.4 is 14.9 Å². The summed E-state index contributed by atoms with van der Waals surface area (Å²) in [5, 5.41) is 16.3. The van der Waals surface area contributed by atoms with E-state index < -0.39 is 11.5 Å². The fourth-order valence-corrected chi connectivity index (χ4v) is 4.24. The highest BCUT2D eigenvalue weighted by Gasteiger charge is 2.39. The number of hydrazone groups is 1. The van der Waals surface area contributed by atoms with E-state index in [1.165, 1.54) is 6.21 Å². The first-order chi connectivity index (χ1) is 17.9. The maximum Gasteiger partial charge on any atom is 0.281 e. The van der Waals surface area contributed by atoms with Crippen LogP contribution in [0.25, 0.3) is 0 Å². The van der Waals surface area contributed by atoms with Gasteiger partial charge in [-0.2, -0.15) is 5.10 Å². The zero-order valence-corrected chi connectivity index (χ0v) is 22.2. The first-order valence-corrected chi connectivity index (χ1v) is 12.5. The first-order valence-electron chi connectivity index (χ1n) is 11.3. The Hall–Kier alpha value is -3.65. The van der Waals surface area contributed by atoms with Crippen LogP contribution in [0, 0.1) is 0 Å². The fourth-order valence-electron chi connectivity index (χ4n) is 3.69. The molecule has 0 bridgehead atoms. The number of nitrogens with one attached hydrogen (secondary N) is 1. The second kappa shape index (κ2) is 12.1. The number of aliphatic hydroxyl groups is 1. The lowest BCUT2D eigenvalue weighted by Gasteiger charge is -2.27. The van der Waals surface area contributed by atoms with Crippen LogP contribution in [-0.2, 0) is 17.0 Å². The summed E-state index contributed by atoms with van der Waals surface area (Å²) < 4.78 is 12.1. The molecule has 0 aromatic heterocycles. The Balaban J connectivity index is 1.52. The average molecular weight is 580 g/mol. The monoisotopic (exact) mass is 578 g/mol. The van der Waals surface area contributed by atoms with Crippen molar-refractivity contribution in [3.8, 4) is 11.5 Å². The third-order valence-electron chi connectivity index (χ3n) is 5.67. The topological polar surface area (TPSA) is 80.2 Å². The summed E-state index contributed by atoms with van der Waals surface area (Å²) in [7, 11) is 1.54. The van der Waals surface area contributed by atoms with Crippen molar-refractivity contribution in [3.63, 3.8) is 0 Å². The molecule has 0 aliphatic rings. The number of nitrogens with zero attached hydrogens (tertiary/aromatic N) is 1. The van der Waals surface area contributed by atoms with Crippen LogP contribution in [0.1, 0.15) is 22.3 Å². The first kappa shape index (κ1) is 26.4. The summed E-state index contributed by atoms with van der Waals surface area (Å²) in [6.45, 7) is 0.334. The summed E-state index contributed by atoms with van der Waals surface area (Å²) in [5.41, 5.74) is 3.01. The number of hydrogen-bond donors (Lipinski definition) is 2. The molecule has 0 aliphatic heterocycles. The zero-order chi connectivity index (χ0) is 26.3. The summed E-state index contributed by atoms with van der Waals surface area (Å²) in [6, 6.07) is 28.4. The van der Waals surface area contributed by atoms with Crippen LogP contribution >= 0.6 is 27.5 Å². The van der Waals surface area contributed by atoms with E-state index in [2.05, 4.69) is 26.5 Å². The second-order valence-corrected chi connectivity index (χ2v) is 9.37. The fraction of sp³-hybridized carbons (Fsp3) is 0.103. The van der Waals surface area contributed by atoms with Crippen molar-refractivity contribution in [2.75, 3.05) is 7.11 Å². The van der Waals surface area contributed by atoms with Crippen molar-refractivity contribution in [3.05, 3.63) is 129 Å². The molecule has 37 heavy (non-hydrogen) atoms. The SMILES string of the molecule is COc1cc(/C=N\NC(=O)C(O)(c2ccccc2)c2ccccc2)c(Br)cc1OCc1ccc(Cl)cc1. The molecular weight excluding hydrogens is 556 g/mol. The van der Waals surface area contributed by atoms with Gasteiger partial charge in [-0.1, -0.05) is 84.4 Å². The third-order valence-corrected chi connectivity index (χ3v) is 6.61. The van der Waals surface area contributed by atoms with Crippen molar-refractivity contribution in [1.29, 1.82) is 0 Å². The van der Waals surface area contributed by atoms with Gasteiger partial charge in [0.2, 0.25) is 0 Å². The van der Waals surface area contributed by atoms with E-state index in [1.807, 2.05) is 24.3 Å². The Kier molecular flexibility index (Phi) is 8.61. The molecule has 4 aromatic carbocycles. The molecule has 0 unspecified atom stereocenters. The number of amides is 1. The van der Waals surface area contributed by atoms with Gasteiger partial charge in [-0.15, -0.1) is 0 Å². The number of benzene rings is 4. The lowest BCUT2D eigenvalue weighted by Crippen LogP contribution is -2.43. The standard InChI is InChI=1S/C29H24BrClN2O4/c1-36-26-16-21(25(30)17-27(26)37-19-20-12-14-24(31)15-13-20)18-32-33-28(34)29(35,22-8-4-2-5-9-22)23-10-6-3-7-11-23/h2-18,35H,19H2,1H3,(H,33,34)/b32-18-.